The fraction of sp³-hybridized carbons (Fsp3) is 0.391. The predicted octanol–water partition coefficient (Wildman–Crippen LogP) is 2.87. The second-order valence-corrected chi connectivity index (χ2v) is 7.71. The molecule has 0 saturated carbocycles. The van der Waals surface area contributed by atoms with E-state index in [2.05, 4.69) is 26.3 Å². The molecule has 1 amide bonds. The Morgan fingerprint density at radius 3 is 2.27 bits per heavy atom. The van der Waals surface area contributed by atoms with Crippen LogP contribution in [0, 0.1) is 19.7 Å². The number of carbonyl (C=O) groups excluding carboxylic acids is 2. The van der Waals surface area contributed by atoms with Gasteiger partial charge in [0.05, 0.1) is 13.1 Å². The van der Waals surface area contributed by atoms with Crippen molar-refractivity contribution in [2.45, 2.75) is 20.4 Å². The molecule has 1 aromatic heterocycles. The first-order valence-electron chi connectivity index (χ1n) is 10.2. The molecular weight excluding hydrogens is 383 g/mol. The number of rotatable bonds is 8. The maximum absolute atomic E-state index is 13.0. The highest BCUT2D eigenvalue weighted by atomic mass is 19.1. The summed E-state index contributed by atoms with van der Waals surface area (Å²) >= 11 is 0. The van der Waals surface area contributed by atoms with Crippen LogP contribution in [0.25, 0.3) is 0 Å². The van der Waals surface area contributed by atoms with Gasteiger partial charge in [0.2, 0.25) is 5.91 Å². The zero-order valence-electron chi connectivity index (χ0n) is 17.7. The number of hydrogen-bond donors (Lipinski definition) is 1. The number of halogens is 1. The van der Waals surface area contributed by atoms with Crippen molar-refractivity contribution in [2.75, 3.05) is 44.6 Å². The monoisotopic (exact) mass is 412 g/mol. The Morgan fingerprint density at radius 1 is 1.07 bits per heavy atom. The number of aryl methyl sites for hydroxylation is 1. The summed E-state index contributed by atoms with van der Waals surface area (Å²) in [5.74, 6) is -0.331. The molecule has 6 nitrogen and oxygen atoms in total. The molecule has 0 unspecified atom stereocenters. The number of anilines is 1. The second kappa shape index (κ2) is 9.82. The van der Waals surface area contributed by atoms with E-state index in [1.165, 1.54) is 12.1 Å². The molecular formula is C23H29FN4O2. The van der Waals surface area contributed by atoms with Crippen LogP contribution in [0.4, 0.5) is 10.1 Å². The number of nitrogens with one attached hydrogen (secondary N) is 1. The van der Waals surface area contributed by atoms with Gasteiger partial charge in [0.1, 0.15) is 5.82 Å². The Kier molecular flexibility index (Phi) is 7.18. The van der Waals surface area contributed by atoms with Gasteiger partial charge in [-0.15, -0.1) is 6.58 Å². The van der Waals surface area contributed by atoms with Crippen molar-refractivity contribution in [3.8, 4) is 0 Å². The lowest BCUT2D eigenvalue weighted by Crippen LogP contribution is -2.49. The minimum Gasteiger partial charge on any atom is -0.345 e. The van der Waals surface area contributed by atoms with Crippen molar-refractivity contribution < 1.29 is 14.0 Å². The lowest BCUT2D eigenvalue weighted by Gasteiger charge is -2.33. The Hall–Kier alpha value is -2.77. The lowest BCUT2D eigenvalue weighted by atomic mass is 10.1. The summed E-state index contributed by atoms with van der Waals surface area (Å²) < 4.78 is 15.1. The summed E-state index contributed by atoms with van der Waals surface area (Å²) in [6.07, 6.45) is 1.83. The van der Waals surface area contributed by atoms with Gasteiger partial charge in [-0.25, -0.2) is 4.39 Å². The number of piperazine rings is 1. The predicted molar refractivity (Wildman–Crippen MR) is 116 cm³/mol. The molecule has 2 heterocycles. The highest BCUT2D eigenvalue weighted by molar-refractivity contribution is 5.99. The Bertz CT molecular complexity index is 912. The van der Waals surface area contributed by atoms with E-state index in [0.717, 1.165) is 43.1 Å². The summed E-state index contributed by atoms with van der Waals surface area (Å²) in [4.78, 5) is 29.2. The van der Waals surface area contributed by atoms with Gasteiger partial charge in [-0.05, 0) is 44.2 Å². The van der Waals surface area contributed by atoms with Gasteiger partial charge < -0.3 is 9.88 Å². The molecule has 1 aromatic carbocycles. The van der Waals surface area contributed by atoms with Gasteiger partial charge in [-0.3, -0.25) is 19.4 Å². The third-order valence-corrected chi connectivity index (χ3v) is 5.51. The molecule has 0 bridgehead atoms. The van der Waals surface area contributed by atoms with Crippen LogP contribution in [0.15, 0.2) is 43.0 Å². The largest absolute Gasteiger partial charge is 0.345 e. The lowest BCUT2D eigenvalue weighted by molar-refractivity contribution is -0.117. The van der Waals surface area contributed by atoms with E-state index in [0.29, 0.717) is 18.8 Å². The molecule has 0 radical (unpaired) electrons. The molecule has 1 aliphatic heterocycles. The Labute approximate surface area is 177 Å². The molecule has 1 aliphatic rings. The van der Waals surface area contributed by atoms with Gasteiger partial charge in [0, 0.05) is 55.4 Å². The van der Waals surface area contributed by atoms with Gasteiger partial charge in [-0.2, -0.15) is 0 Å². The molecule has 7 heteroatoms. The molecule has 0 atom stereocenters. The van der Waals surface area contributed by atoms with E-state index in [4.69, 9.17) is 0 Å². The standard InChI is InChI=1S/C23H29FN4O2/c1-4-9-28-17(2)14-21(18(28)3)22(29)15-26-10-12-27(13-11-26)16-23(30)25-20-7-5-19(24)6-8-20/h4-8,14H,1,9-13,15-16H2,2-3H3,(H,25,30). The van der Waals surface area contributed by atoms with E-state index in [1.54, 1.807) is 12.1 Å². The zero-order chi connectivity index (χ0) is 21.7. The van der Waals surface area contributed by atoms with Crippen molar-refractivity contribution in [1.82, 2.24) is 14.4 Å². The third kappa shape index (κ3) is 5.43. The average Bonchev–Trinajstić information content (AvgIpc) is 3.00. The number of amides is 1. The van der Waals surface area contributed by atoms with Crippen molar-refractivity contribution in [3.05, 3.63) is 65.8 Å². The van der Waals surface area contributed by atoms with E-state index < -0.39 is 0 Å². The maximum atomic E-state index is 13.0. The molecule has 30 heavy (non-hydrogen) atoms. The summed E-state index contributed by atoms with van der Waals surface area (Å²) in [6, 6.07) is 7.68. The topological polar surface area (TPSA) is 57.6 Å². The first-order valence-corrected chi connectivity index (χ1v) is 10.2. The number of ketones is 1. The van der Waals surface area contributed by atoms with E-state index in [-0.39, 0.29) is 24.1 Å². The quantitative estimate of drug-likeness (QED) is 0.535. The molecule has 3 rings (SSSR count). The Balaban J connectivity index is 1.47. The van der Waals surface area contributed by atoms with Crippen LogP contribution < -0.4 is 5.32 Å². The summed E-state index contributed by atoms with van der Waals surface area (Å²) in [6.45, 7) is 12.0. The minimum atomic E-state index is -0.332. The normalized spacial score (nSPS) is 15.2. The van der Waals surface area contributed by atoms with Gasteiger partial charge in [-0.1, -0.05) is 6.08 Å². The van der Waals surface area contributed by atoms with E-state index >= 15 is 0 Å². The molecule has 1 N–H and O–H groups in total. The van der Waals surface area contributed by atoms with E-state index in [1.807, 2.05) is 26.0 Å². The highest BCUT2D eigenvalue weighted by Gasteiger charge is 2.23. The van der Waals surface area contributed by atoms with Crippen LogP contribution in [0.5, 0.6) is 0 Å². The molecule has 160 valence electrons. The van der Waals surface area contributed by atoms with Crippen molar-refractivity contribution >= 4 is 17.4 Å². The van der Waals surface area contributed by atoms with Crippen LogP contribution in [0.3, 0.4) is 0 Å². The zero-order valence-corrected chi connectivity index (χ0v) is 17.7. The smallest absolute Gasteiger partial charge is 0.238 e. The van der Waals surface area contributed by atoms with Crippen molar-refractivity contribution in [3.63, 3.8) is 0 Å². The average molecular weight is 413 g/mol. The van der Waals surface area contributed by atoms with Crippen molar-refractivity contribution in [2.24, 2.45) is 0 Å². The highest BCUT2D eigenvalue weighted by Crippen LogP contribution is 2.17. The summed E-state index contributed by atoms with van der Waals surface area (Å²) in [5.41, 5.74) is 3.40. The minimum absolute atomic E-state index is 0.124. The molecule has 0 aliphatic carbocycles. The van der Waals surface area contributed by atoms with Crippen LogP contribution in [0.2, 0.25) is 0 Å². The molecule has 2 aromatic rings. The number of hydrogen-bond acceptors (Lipinski definition) is 4. The van der Waals surface area contributed by atoms with Gasteiger partial charge >= 0.3 is 0 Å². The molecule has 1 fully saturated rings. The van der Waals surface area contributed by atoms with Crippen LogP contribution in [0.1, 0.15) is 21.7 Å². The number of carbonyl (C=O) groups is 2. The fourth-order valence-electron chi connectivity index (χ4n) is 3.82. The van der Waals surface area contributed by atoms with E-state index in [9.17, 15) is 14.0 Å². The molecule has 1 saturated heterocycles. The van der Waals surface area contributed by atoms with Crippen LogP contribution in [-0.2, 0) is 11.3 Å². The SMILES string of the molecule is C=CCn1c(C)cc(C(=O)CN2CCN(CC(=O)Nc3ccc(F)cc3)CC2)c1C. The van der Waals surface area contributed by atoms with Gasteiger partial charge in [0.15, 0.2) is 5.78 Å². The number of allylic oxidation sites excluding steroid dienone is 1. The number of Topliss-reactive ketones (excluding diaryl/α,β-unsaturated/α-hetero) is 1. The number of nitrogens with zero attached hydrogens (tertiary/aromatic N) is 3. The first kappa shape index (κ1) is 21.9. The fourth-order valence-corrected chi connectivity index (χ4v) is 3.82. The van der Waals surface area contributed by atoms with Crippen LogP contribution >= 0.6 is 0 Å². The first-order chi connectivity index (χ1) is 14.4. The Morgan fingerprint density at radius 2 is 1.67 bits per heavy atom. The third-order valence-electron chi connectivity index (χ3n) is 5.51. The number of aromatic nitrogens is 1. The molecule has 0 spiro atoms. The summed E-state index contributed by atoms with van der Waals surface area (Å²) in [7, 11) is 0. The number of benzene rings is 1. The van der Waals surface area contributed by atoms with Gasteiger partial charge in [0.25, 0.3) is 0 Å². The maximum Gasteiger partial charge on any atom is 0.238 e. The van der Waals surface area contributed by atoms with Crippen LogP contribution in [-0.4, -0.2) is 65.3 Å². The second-order valence-electron chi connectivity index (χ2n) is 7.71. The summed E-state index contributed by atoms with van der Waals surface area (Å²) in [5, 5.41) is 2.78. The van der Waals surface area contributed by atoms with Crippen molar-refractivity contribution in [1.29, 1.82) is 0 Å².